The van der Waals surface area contributed by atoms with Gasteiger partial charge in [0, 0.05) is 28.3 Å². The molecule has 1 aliphatic rings. The van der Waals surface area contributed by atoms with Crippen LogP contribution in [0.25, 0.3) is 20.9 Å². The molecule has 0 fully saturated rings. The minimum atomic E-state index is -4.14. The normalized spacial score (nSPS) is 12.5. The van der Waals surface area contributed by atoms with Crippen molar-refractivity contribution in [3.8, 4) is 38.1 Å². The Bertz CT molecular complexity index is 2580. The standard InChI is InChI=1S/C36H26N2O10S4/c39-28-19-24(37-51(43,44)33-14-12-31(49-33)21-4-2-1-3-5-21)7-9-26(28)36(42)48-30-20-25(8-10-27(30)35(40)41)38-52(45,46)34-15-13-32(50-34)23-6-11-29-22(18-23)16-17-47-29/h1-15,18-20,37-39H,16-17H2,(H,40,41). The number of anilines is 2. The molecule has 4 N–H and O–H groups in total. The van der Waals surface area contributed by atoms with Crippen LogP contribution >= 0.6 is 22.7 Å². The summed E-state index contributed by atoms with van der Waals surface area (Å²) in [4.78, 5) is 26.5. The third-order valence-electron chi connectivity index (χ3n) is 7.86. The molecule has 0 atom stereocenters. The van der Waals surface area contributed by atoms with Crippen molar-refractivity contribution in [1.29, 1.82) is 0 Å². The average Bonchev–Trinajstić information content (AvgIpc) is 3.90. The maximum Gasteiger partial charge on any atom is 0.347 e. The Labute approximate surface area is 305 Å². The summed E-state index contributed by atoms with van der Waals surface area (Å²) >= 11 is 2.10. The van der Waals surface area contributed by atoms with Gasteiger partial charge in [-0.3, -0.25) is 9.44 Å². The highest BCUT2D eigenvalue weighted by molar-refractivity contribution is 7.95. The summed E-state index contributed by atoms with van der Waals surface area (Å²) in [5.74, 6) is -2.99. The molecule has 0 radical (unpaired) electrons. The number of carboxylic acids is 1. The number of sulfonamides is 2. The summed E-state index contributed by atoms with van der Waals surface area (Å²) in [7, 11) is -8.19. The summed E-state index contributed by atoms with van der Waals surface area (Å²) in [6, 6.07) is 27.8. The van der Waals surface area contributed by atoms with Gasteiger partial charge in [0.2, 0.25) is 0 Å². The molecule has 2 aromatic heterocycles. The number of hydrogen-bond acceptors (Lipinski definition) is 11. The van der Waals surface area contributed by atoms with E-state index in [0.717, 1.165) is 80.7 Å². The summed E-state index contributed by atoms with van der Waals surface area (Å²) in [6.45, 7) is 0.592. The topological polar surface area (TPSA) is 185 Å². The van der Waals surface area contributed by atoms with Crippen molar-refractivity contribution in [2.45, 2.75) is 14.8 Å². The number of ether oxygens (including phenoxy) is 2. The lowest BCUT2D eigenvalue weighted by molar-refractivity contribution is 0.0681. The number of rotatable bonds is 11. The van der Waals surface area contributed by atoms with Crippen LogP contribution in [0.5, 0.6) is 17.2 Å². The second-order valence-electron chi connectivity index (χ2n) is 11.4. The number of fused-ring (bicyclic) bond motifs is 1. The highest BCUT2D eigenvalue weighted by atomic mass is 32.3. The molecule has 0 aliphatic carbocycles. The lowest BCUT2D eigenvalue weighted by Gasteiger charge is -2.13. The Kier molecular flexibility index (Phi) is 9.22. The van der Waals surface area contributed by atoms with E-state index < -0.39 is 54.6 Å². The van der Waals surface area contributed by atoms with Gasteiger partial charge >= 0.3 is 11.9 Å². The first kappa shape index (κ1) is 34.8. The number of benzene rings is 4. The van der Waals surface area contributed by atoms with Crippen molar-refractivity contribution in [3.63, 3.8) is 0 Å². The molecule has 0 saturated carbocycles. The third-order valence-corrected chi connectivity index (χ3v) is 13.9. The minimum absolute atomic E-state index is 0.00328. The number of aromatic hydroxyl groups is 1. The Balaban J connectivity index is 1.06. The van der Waals surface area contributed by atoms with Gasteiger partial charge in [0.25, 0.3) is 20.0 Å². The number of carbonyl (C=O) groups is 2. The van der Waals surface area contributed by atoms with Gasteiger partial charge in [-0.1, -0.05) is 30.3 Å². The zero-order valence-corrected chi connectivity index (χ0v) is 29.9. The molecule has 0 bridgehead atoms. The molecule has 6 aromatic rings. The van der Waals surface area contributed by atoms with Gasteiger partial charge < -0.3 is 19.7 Å². The summed E-state index contributed by atoms with van der Waals surface area (Å²) in [6.07, 6.45) is 0.763. The average molecular weight is 775 g/mol. The molecule has 7 rings (SSSR count). The van der Waals surface area contributed by atoms with Crippen molar-refractivity contribution < 1.29 is 46.1 Å². The Morgan fingerprint density at radius 3 is 1.94 bits per heavy atom. The number of nitrogens with one attached hydrogen (secondary N) is 2. The van der Waals surface area contributed by atoms with Crippen LogP contribution in [-0.2, 0) is 26.5 Å². The molecule has 0 saturated heterocycles. The number of hydrogen-bond donors (Lipinski definition) is 4. The van der Waals surface area contributed by atoms with Gasteiger partial charge in [-0.25, -0.2) is 26.4 Å². The lowest BCUT2D eigenvalue weighted by atomic mass is 10.1. The lowest BCUT2D eigenvalue weighted by Crippen LogP contribution is -2.15. The molecule has 264 valence electrons. The van der Waals surface area contributed by atoms with Crippen molar-refractivity contribution in [2.75, 3.05) is 16.1 Å². The van der Waals surface area contributed by atoms with Gasteiger partial charge in [0.15, 0.2) is 0 Å². The van der Waals surface area contributed by atoms with Crippen LogP contribution in [0.2, 0.25) is 0 Å². The summed E-state index contributed by atoms with van der Waals surface area (Å²) in [5, 5.41) is 20.4. The van der Waals surface area contributed by atoms with Crippen LogP contribution < -0.4 is 18.9 Å². The first-order chi connectivity index (χ1) is 24.9. The van der Waals surface area contributed by atoms with Crippen molar-refractivity contribution in [2.24, 2.45) is 0 Å². The fraction of sp³-hybridized carbons (Fsp3) is 0.0556. The van der Waals surface area contributed by atoms with Gasteiger partial charge in [0.1, 0.15) is 36.8 Å². The highest BCUT2D eigenvalue weighted by Gasteiger charge is 2.24. The molecular weight excluding hydrogens is 749 g/mol. The zero-order chi connectivity index (χ0) is 36.6. The Morgan fingerprint density at radius 1 is 0.692 bits per heavy atom. The van der Waals surface area contributed by atoms with E-state index >= 15 is 0 Å². The largest absolute Gasteiger partial charge is 0.507 e. The molecule has 0 unspecified atom stereocenters. The number of carbonyl (C=O) groups excluding carboxylic acids is 1. The van der Waals surface area contributed by atoms with Gasteiger partial charge in [-0.2, -0.15) is 0 Å². The van der Waals surface area contributed by atoms with E-state index in [9.17, 15) is 36.6 Å². The fourth-order valence-electron chi connectivity index (χ4n) is 5.36. The second-order valence-corrected chi connectivity index (χ2v) is 17.4. The smallest absolute Gasteiger partial charge is 0.347 e. The number of phenols is 1. The van der Waals surface area contributed by atoms with E-state index in [-0.39, 0.29) is 19.8 Å². The van der Waals surface area contributed by atoms with E-state index in [2.05, 4.69) is 9.44 Å². The van der Waals surface area contributed by atoms with Crippen LogP contribution in [0.3, 0.4) is 0 Å². The first-order valence-electron chi connectivity index (χ1n) is 15.4. The highest BCUT2D eigenvalue weighted by Crippen LogP contribution is 2.37. The van der Waals surface area contributed by atoms with Crippen molar-refractivity contribution >= 4 is 66.0 Å². The fourth-order valence-corrected chi connectivity index (χ4v) is 10.1. The Morgan fingerprint density at radius 2 is 1.31 bits per heavy atom. The summed E-state index contributed by atoms with van der Waals surface area (Å²) in [5.41, 5.74) is 1.73. The third kappa shape index (κ3) is 7.22. The summed E-state index contributed by atoms with van der Waals surface area (Å²) < 4.78 is 68.4. The monoisotopic (exact) mass is 774 g/mol. The van der Waals surface area contributed by atoms with Crippen LogP contribution in [0.15, 0.2) is 118 Å². The second kappa shape index (κ2) is 13.8. The van der Waals surface area contributed by atoms with Crippen molar-refractivity contribution in [3.05, 3.63) is 126 Å². The molecule has 1 aliphatic heterocycles. The maximum absolute atomic E-state index is 13.3. The minimum Gasteiger partial charge on any atom is -0.507 e. The van der Waals surface area contributed by atoms with E-state index in [4.69, 9.17) is 9.47 Å². The number of thiophene rings is 2. The number of aromatic carboxylic acids is 1. The van der Waals surface area contributed by atoms with Crippen LogP contribution in [-0.4, -0.2) is 45.6 Å². The Hall–Kier alpha value is -5.68. The van der Waals surface area contributed by atoms with Gasteiger partial charge in [0.05, 0.1) is 18.0 Å². The number of carboxylic acid groups (broad SMARTS) is 1. The van der Waals surface area contributed by atoms with Crippen LogP contribution in [0, 0.1) is 0 Å². The zero-order valence-electron chi connectivity index (χ0n) is 26.6. The molecule has 0 amide bonds. The van der Waals surface area contributed by atoms with Crippen LogP contribution in [0.1, 0.15) is 26.3 Å². The SMILES string of the molecule is O=C(Oc1cc(NS(=O)(=O)c2ccc(-c3ccc4c(c3)CCO4)s2)ccc1C(=O)O)c1ccc(NS(=O)(=O)c2ccc(-c3ccccc3)s2)cc1O. The molecule has 4 aromatic carbocycles. The van der Waals surface area contributed by atoms with E-state index in [1.807, 2.05) is 48.5 Å². The maximum atomic E-state index is 13.3. The number of esters is 1. The predicted molar refractivity (Wildman–Crippen MR) is 197 cm³/mol. The first-order valence-corrected chi connectivity index (χ1v) is 20.0. The molecule has 3 heterocycles. The van der Waals surface area contributed by atoms with E-state index in [1.165, 1.54) is 24.3 Å². The molecule has 0 spiro atoms. The van der Waals surface area contributed by atoms with Gasteiger partial charge in [-0.15, -0.1) is 22.7 Å². The molecule has 12 nitrogen and oxygen atoms in total. The van der Waals surface area contributed by atoms with Gasteiger partial charge in [-0.05, 0) is 83.4 Å². The molecule has 16 heteroatoms. The van der Waals surface area contributed by atoms with E-state index in [1.54, 1.807) is 12.1 Å². The van der Waals surface area contributed by atoms with Crippen molar-refractivity contribution in [1.82, 2.24) is 0 Å². The van der Waals surface area contributed by atoms with E-state index in [0.29, 0.717) is 11.5 Å². The number of phenolic OH excluding ortho intramolecular Hbond substituents is 1. The predicted octanol–water partition coefficient (Wildman–Crippen LogP) is 7.30. The van der Waals surface area contributed by atoms with Crippen LogP contribution in [0.4, 0.5) is 11.4 Å². The quantitative estimate of drug-likeness (QED) is 0.0769. The molecule has 52 heavy (non-hydrogen) atoms. The molecular formula is C36H26N2O10S4.